The van der Waals surface area contributed by atoms with Crippen LogP contribution in [0.1, 0.15) is 59.1 Å². The first-order valence-electron chi connectivity index (χ1n) is 9.67. The highest BCUT2D eigenvalue weighted by Gasteiger charge is 2.38. The Bertz CT molecular complexity index is 1250. The van der Waals surface area contributed by atoms with E-state index in [1.54, 1.807) is 15.7 Å². The van der Waals surface area contributed by atoms with Gasteiger partial charge in [0.05, 0.1) is 23.2 Å². The number of pyridine rings is 1. The molecule has 4 aromatic rings. The average molecular weight is 407 g/mol. The highest BCUT2D eigenvalue weighted by Crippen LogP contribution is 2.34. The third kappa shape index (κ3) is 2.88. The number of hydrogen-bond acceptors (Lipinski definition) is 7. The van der Waals surface area contributed by atoms with Gasteiger partial charge in [-0.2, -0.15) is 5.10 Å². The van der Waals surface area contributed by atoms with Crippen LogP contribution in [-0.4, -0.2) is 52.2 Å². The molecule has 5 heterocycles. The first kappa shape index (κ1) is 18.5. The molecule has 10 nitrogen and oxygen atoms in total. The quantitative estimate of drug-likeness (QED) is 0.530. The van der Waals surface area contributed by atoms with Gasteiger partial charge in [-0.3, -0.25) is 4.79 Å². The SMILES string of the molecule is Cc1cccn2nc(C3c4nc[nH]c4CCN3C(=O)c3nnc(C(C)(C)O)o3)cc12. The van der Waals surface area contributed by atoms with Crippen LogP contribution in [0.5, 0.6) is 0 Å². The van der Waals surface area contributed by atoms with Crippen molar-refractivity contribution >= 4 is 11.4 Å². The number of hydrogen-bond donors (Lipinski definition) is 2. The summed E-state index contributed by atoms with van der Waals surface area (Å²) in [7, 11) is 0. The fourth-order valence-corrected chi connectivity index (χ4v) is 3.78. The van der Waals surface area contributed by atoms with Gasteiger partial charge in [-0.25, -0.2) is 9.50 Å². The molecule has 10 heteroatoms. The van der Waals surface area contributed by atoms with Crippen LogP contribution in [0.25, 0.3) is 5.52 Å². The molecule has 154 valence electrons. The number of H-pyrrole nitrogens is 1. The minimum absolute atomic E-state index is 0.0109. The third-order valence-corrected chi connectivity index (χ3v) is 5.33. The van der Waals surface area contributed by atoms with Gasteiger partial charge in [-0.05, 0) is 38.5 Å². The number of fused-ring (bicyclic) bond motifs is 2. The number of rotatable bonds is 3. The average Bonchev–Trinajstić information content (AvgIpc) is 3.44. The number of imidazole rings is 1. The van der Waals surface area contributed by atoms with E-state index in [9.17, 15) is 9.90 Å². The minimum atomic E-state index is -1.33. The molecule has 0 radical (unpaired) electrons. The molecular weight excluding hydrogens is 386 g/mol. The van der Waals surface area contributed by atoms with E-state index in [-0.39, 0.29) is 11.8 Å². The van der Waals surface area contributed by atoms with Gasteiger partial charge in [0.1, 0.15) is 11.6 Å². The van der Waals surface area contributed by atoms with Crippen molar-refractivity contribution in [1.82, 2.24) is 34.7 Å². The van der Waals surface area contributed by atoms with E-state index in [1.807, 2.05) is 31.3 Å². The summed E-state index contributed by atoms with van der Waals surface area (Å²) in [6.07, 6.45) is 4.13. The maximum absolute atomic E-state index is 13.3. The lowest BCUT2D eigenvalue weighted by Gasteiger charge is -2.32. The molecule has 0 saturated heterocycles. The Morgan fingerprint density at radius 3 is 2.93 bits per heavy atom. The van der Waals surface area contributed by atoms with Gasteiger partial charge >= 0.3 is 11.8 Å². The molecule has 1 unspecified atom stereocenters. The van der Waals surface area contributed by atoms with E-state index >= 15 is 0 Å². The zero-order chi connectivity index (χ0) is 21.0. The monoisotopic (exact) mass is 407 g/mol. The molecule has 0 spiro atoms. The summed E-state index contributed by atoms with van der Waals surface area (Å²) in [5.74, 6) is -0.607. The first-order valence-corrected chi connectivity index (χ1v) is 9.67. The number of aromatic nitrogens is 6. The molecule has 1 amide bonds. The highest BCUT2D eigenvalue weighted by molar-refractivity contribution is 5.90. The molecule has 0 aliphatic carbocycles. The fourth-order valence-electron chi connectivity index (χ4n) is 3.78. The van der Waals surface area contributed by atoms with E-state index < -0.39 is 17.6 Å². The van der Waals surface area contributed by atoms with Crippen LogP contribution in [0.3, 0.4) is 0 Å². The van der Waals surface area contributed by atoms with Crippen LogP contribution in [0.15, 0.2) is 35.1 Å². The number of amides is 1. The largest absolute Gasteiger partial charge is 0.414 e. The van der Waals surface area contributed by atoms with Gasteiger partial charge < -0.3 is 19.4 Å². The molecule has 0 bridgehead atoms. The Morgan fingerprint density at radius 2 is 2.20 bits per heavy atom. The van der Waals surface area contributed by atoms with Crippen LogP contribution in [-0.2, 0) is 12.0 Å². The predicted octanol–water partition coefficient (Wildman–Crippen LogP) is 1.76. The molecule has 0 saturated carbocycles. The number of aromatic amines is 1. The number of aryl methyl sites for hydroxylation is 1. The summed E-state index contributed by atoms with van der Waals surface area (Å²) in [6, 6.07) is 5.42. The minimum Gasteiger partial charge on any atom is -0.414 e. The third-order valence-electron chi connectivity index (χ3n) is 5.33. The number of nitrogens with one attached hydrogen (secondary N) is 1. The molecule has 0 fully saturated rings. The molecule has 0 aromatic carbocycles. The van der Waals surface area contributed by atoms with Gasteiger partial charge in [-0.15, -0.1) is 10.2 Å². The lowest BCUT2D eigenvalue weighted by Crippen LogP contribution is -2.41. The molecule has 4 aromatic heterocycles. The Balaban J connectivity index is 1.59. The lowest BCUT2D eigenvalue weighted by atomic mass is 9.99. The van der Waals surface area contributed by atoms with Crippen LogP contribution in [0.4, 0.5) is 0 Å². The van der Waals surface area contributed by atoms with Gasteiger partial charge in [0.2, 0.25) is 5.89 Å². The zero-order valence-corrected chi connectivity index (χ0v) is 16.8. The molecule has 1 aliphatic heterocycles. The smallest absolute Gasteiger partial charge is 0.312 e. The number of aliphatic hydroxyl groups is 1. The lowest BCUT2D eigenvalue weighted by molar-refractivity contribution is 0.0440. The second-order valence-corrected chi connectivity index (χ2v) is 7.98. The van der Waals surface area contributed by atoms with Crippen LogP contribution >= 0.6 is 0 Å². The summed E-state index contributed by atoms with van der Waals surface area (Å²) < 4.78 is 7.28. The molecule has 5 rings (SSSR count). The van der Waals surface area contributed by atoms with Crippen molar-refractivity contribution in [3.8, 4) is 0 Å². The maximum Gasteiger partial charge on any atom is 0.312 e. The van der Waals surface area contributed by atoms with Gasteiger partial charge in [0, 0.05) is 24.9 Å². The number of carbonyl (C=O) groups is 1. The first-order chi connectivity index (χ1) is 14.3. The van der Waals surface area contributed by atoms with Gasteiger partial charge in [-0.1, -0.05) is 6.07 Å². The van der Waals surface area contributed by atoms with Crippen molar-refractivity contribution < 1.29 is 14.3 Å². The van der Waals surface area contributed by atoms with E-state index in [0.29, 0.717) is 18.7 Å². The van der Waals surface area contributed by atoms with Crippen LogP contribution < -0.4 is 0 Å². The van der Waals surface area contributed by atoms with E-state index in [0.717, 1.165) is 22.5 Å². The van der Waals surface area contributed by atoms with Crippen molar-refractivity contribution in [3.63, 3.8) is 0 Å². The van der Waals surface area contributed by atoms with Crippen molar-refractivity contribution in [2.45, 2.75) is 38.8 Å². The predicted molar refractivity (Wildman–Crippen MR) is 105 cm³/mol. The normalized spacial score (nSPS) is 16.8. The fraction of sp³-hybridized carbons (Fsp3) is 0.350. The Morgan fingerprint density at radius 1 is 1.37 bits per heavy atom. The topological polar surface area (TPSA) is 125 Å². The zero-order valence-electron chi connectivity index (χ0n) is 16.8. The van der Waals surface area contributed by atoms with E-state index in [1.165, 1.54) is 13.8 Å². The summed E-state index contributed by atoms with van der Waals surface area (Å²) in [5.41, 5.74) is 3.14. The Hall–Kier alpha value is -3.53. The van der Waals surface area contributed by atoms with Crippen LogP contribution in [0, 0.1) is 6.92 Å². The van der Waals surface area contributed by atoms with Crippen LogP contribution in [0.2, 0.25) is 0 Å². The van der Waals surface area contributed by atoms with Crippen molar-refractivity contribution in [2.75, 3.05) is 6.54 Å². The van der Waals surface area contributed by atoms with E-state index in [2.05, 4.69) is 20.2 Å². The Kier molecular flexibility index (Phi) is 4.00. The van der Waals surface area contributed by atoms with Crippen molar-refractivity contribution in [1.29, 1.82) is 0 Å². The molecule has 30 heavy (non-hydrogen) atoms. The molecule has 2 N–H and O–H groups in total. The molecule has 1 atom stereocenters. The maximum atomic E-state index is 13.3. The molecular formula is C20H21N7O3. The van der Waals surface area contributed by atoms with Crippen molar-refractivity contribution in [3.05, 3.63) is 65.1 Å². The summed E-state index contributed by atoms with van der Waals surface area (Å²) >= 11 is 0. The standard InChI is InChI=1S/C20H21N7O3/c1-11-5-4-7-27-14(11)9-13(25-27)16-15-12(21-10-22-15)6-8-26(16)18(28)17-23-24-19(30-17)20(2,3)29/h4-5,7,9-10,16,29H,6,8H2,1-3H3,(H,21,22). The number of nitrogens with zero attached hydrogens (tertiary/aromatic N) is 6. The summed E-state index contributed by atoms with van der Waals surface area (Å²) in [4.78, 5) is 22.6. The summed E-state index contributed by atoms with van der Waals surface area (Å²) in [5, 5.41) is 22.5. The van der Waals surface area contributed by atoms with Gasteiger partial charge in [0.25, 0.3) is 0 Å². The highest BCUT2D eigenvalue weighted by atomic mass is 16.4. The number of carbonyl (C=O) groups excluding carboxylic acids is 1. The van der Waals surface area contributed by atoms with Crippen molar-refractivity contribution in [2.24, 2.45) is 0 Å². The second kappa shape index (κ2) is 6.49. The molecule has 1 aliphatic rings. The Labute approximate surface area is 171 Å². The van der Waals surface area contributed by atoms with Gasteiger partial charge in [0.15, 0.2) is 0 Å². The second-order valence-electron chi connectivity index (χ2n) is 7.98. The summed E-state index contributed by atoms with van der Waals surface area (Å²) in [6.45, 7) is 5.49. The van der Waals surface area contributed by atoms with E-state index in [4.69, 9.17) is 9.52 Å².